The SMILES string of the molecule is CCOc1cc(NCC(O)C(C)C)cc([N+](=O)[O-])c1. The van der Waals surface area contributed by atoms with Gasteiger partial charge in [-0.2, -0.15) is 0 Å². The van der Waals surface area contributed by atoms with E-state index in [0.717, 1.165) is 0 Å². The second-order valence-electron chi connectivity index (χ2n) is 4.60. The number of nitrogens with zero attached hydrogens (tertiary/aromatic N) is 1. The normalized spacial score (nSPS) is 12.3. The summed E-state index contributed by atoms with van der Waals surface area (Å²) in [5, 5.41) is 23.5. The number of rotatable bonds is 7. The first-order chi connectivity index (χ1) is 8.93. The second-order valence-corrected chi connectivity index (χ2v) is 4.60. The molecule has 1 atom stereocenters. The molecule has 0 aliphatic heterocycles. The van der Waals surface area contributed by atoms with Gasteiger partial charge in [-0.05, 0) is 12.8 Å². The number of hydrogen-bond donors (Lipinski definition) is 2. The number of anilines is 1. The van der Waals surface area contributed by atoms with Crippen LogP contribution in [0.5, 0.6) is 5.75 Å². The third kappa shape index (κ3) is 4.75. The van der Waals surface area contributed by atoms with E-state index in [2.05, 4.69) is 5.32 Å². The Morgan fingerprint density at radius 3 is 2.63 bits per heavy atom. The molecule has 1 aromatic carbocycles. The molecule has 1 unspecified atom stereocenters. The van der Waals surface area contributed by atoms with Crippen LogP contribution < -0.4 is 10.1 Å². The highest BCUT2D eigenvalue weighted by Gasteiger charge is 2.13. The molecule has 6 nitrogen and oxygen atoms in total. The number of hydrogen-bond acceptors (Lipinski definition) is 5. The van der Waals surface area contributed by atoms with E-state index in [9.17, 15) is 15.2 Å². The molecular formula is C13H20N2O4. The summed E-state index contributed by atoms with van der Waals surface area (Å²) >= 11 is 0. The lowest BCUT2D eigenvalue weighted by molar-refractivity contribution is -0.384. The fourth-order valence-electron chi connectivity index (χ4n) is 1.50. The molecule has 0 saturated heterocycles. The summed E-state index contributed by atoms with van der Waals surface area (Å²) in [5.41, 5.74) is 0.532. The monoisotopic (exact) mass is 268 g/mol. The largest absolute Gasteiger partial charge is 0.494 e. The Morgan fingerprint density at radius 1 is 1.42 bits per heavy atom. The van der Waals surface area contributed by atoms with E-state index in [0.29, 0.717) is 24.6 Å². The zero-order valence-electron chi connectivity index (χ0n) is 11.4. The minimum absolute atomic E-state index is 0.0347. The Balaban J connectivity index is 2.84. The molecule has 0 heterocycles. The number of nitro benzene ring substituents is 1. The van der Waals surface area contributed by atoms with E-state index < -0.39 is 11.0 Å². The van der Waals surface area contributed by atoms with Crippen LogP contribution in [0.1, 0.15) is 20.8 Å². The third-order valence-electron chi connectivity index (χ3n) is 2.70. The highest BCUT2D eigenvalue weighted by atomic mass is 16.6. The van der Waals surface area contributed by atoms with Crippen molar-refractivity contribution in [2.75, 3.05) is 18.5 Å². The van der Waals surface area contributed by atoms with Crippen molar-refractivity contribution in [1.29, 1.82) is 0 Å². The van der Waals surface area contributed by atoms with Crippen molar-refractivity contribution in [3.05, 3.63) is 28.3 Å². The van der Waals surface area contributed by atoms with Gasteiger partial charge >= 0.3 is 0 Å². The number of nitro groups is 1. The Labute approximate surface area is 112 Å². The van der Waals surface area contributed by atoms with Gasteiger partial charge in [0.1, 0.15) is 5.75 Å². The number of ether oxygens (including phenoxy) is 1. The lowest BCUT2D eigenvalue weighted by Crippen LogP contribution is -2.24. The van der Waals surface area contributed by atoms with Gasteiger partial charge in [-0.25, -0.2) is 0 Å². The van der Waals surface area contributed by atoms with Crippen LogP contribution in [0.25, 0.3) is 0 Å². The topological polar surface area (TPSA) is 84.6 Å². The lowest BCUT2D eigenvalue weighted by Gasteiger charge is -2.16. The van der Waals surface area contributed by atoms with Crippen LogP contribution in [-0.4, -0.2) is 29.3 Å². The molecule has 1 aromatic rings. The minimum atomic E-state index is -0.505. The van der Waals surface area contributed by atoms with Crippen LogP contribution in [-0.2, 0) is 0 Å². The van der Waals surface area contributed by atoms with E-state index in [1.165, 1.54) is 12.1 Å². The van der Waals surface area contributed by atoms with Crippen LogP contribution in [0.4, 0.5) is 11.4 Å². The van der Waals surface area contributed by atoms with Crippen LogP contribution >= 0.6 is 0 Å². The Bertz CT molecular complexity index is 435. The predicted octanol–water partition coefficient (Wildman–Crippen LogP) is 2.42. The summed E-state index contributed by atoms with van der Waals surface area (Å²) < 4.78 is 5.28. The first-order valence-electron chi connectivity index (χ1n) is 6.28. The van der Waals surface area contributed by atoms with Crippen molar-refractivity contribution in [2.45, 2.75) is 26.9 Å². The number of aliphatic hydroxyl groups is 1. The van der Waals surface area contributed by atoms with Crippen LogP contribution in [0.2, 0.25) is 0 Å². The molecule has 19 heavy (non-hydrogen) atoms. The van der Waals surface area contributed by atoms with E-state index in [1.54, 1.807) is 6.07 Å². The van der Waals surface area contributed by atoms with E-state index in [4.69, 9.17) is 4.74 Å². The molecular weight excluding hydrogens is 248 g/mol. The molecule has 0 aliphatic carbocycles. The third-order valence-corrected chi connectivity index (χ3v) is 2.70. The lowest BCUT2D eigenvalue weighted by atomic mass is 10.1. The van der Waals surface area contributed by atoms with Crippen LogP contribution in [0, 0.1) is 16.0 Å². The van der Waals surface area contributed by atoms with Crippen molar-refractivity contribution in [3.8, 4) is 5.75 Å². The maximum Gasteiger partial charge on any atom is 0.275 e. The summed E-state index contributed by atoms with van der Waals surface area (Å²) in [5.74, 6) is 0.566. The maximum atomic E-state index is 10.8. The highest BCUT2D eigenvalue weighted by molar-refractivity contribution is 5.56. The first-order valence-corrected chi connectivity index (χ1v) is 6.28. The Kier molecular flexibility index (Phi) is 5.57. The average Bonchev–Trinajstić information content (AvgIpc) is 2.35. The van der Waals surface area contributed by atoms with Gasteiger partial charge in [0.2, 0.25) is 0 Å². The predicted molar refractivity (Wildman–Crippen MR) is 73.6 cm³/mol. The molecule has 2 N–H and O–H groups in total. The highest BCUT2D eigenvalue weighted by Crippen LogP contribution is 2.26. The van der Waals surface area contributed by atoms with Crippen LogP contribution in [0.3, 0.4) is 0 Å². The maximum absolute atomic E-state index is 10.8. The Hall–Kier alpha value is -1.82. The van der Waals surface area contributed by atoms with E-state index in [1.807, 2.05) is 20.8 Å². The summed E-state index contributed by atoms with van der Waals surface area (Å²) in [6, 6.07) is 4.49. The standard InChI is InChI=1S/C13H20N2O4/c1-4-19-12-6-10(5-11(7-12)15(17)18)14-8-13(16)9(2)3/h5-7,9,13-14,16H,4,8H2,1-3H3. The molecule has 0 spiro atoms. The van der Waals surface area contributed by atoms with Crippen molar-refractivity contribution in [2.24, 2.45) is 5.92 Å². The molecule has 0 bridgehead atoms. The van der Waals surface area contributed by atoms with Gasteiger partial charge in [0.05, 0.1) is 23.7 Å². The first kappa shape index (κ1) is 15.2. The van der Waals surface area contributed by atoms with Gasteiger partial charge < -0.3 is 15.2 Å². The van der Waals surface area contributed by atoms with Gasteiger partial charge in [-0.15, -0.1) is 0 Å². The molecule has 0 amide bonds. The summed E-state index contributed by atoms with van der Waals surface area (Å²) in [7, 11) is 0. The Morgan fingerprint density at radius 2 is 2.11 bits per heavy atom. The number of nitrogens with one attached hydrogen (secondary N) is 1. The molecule has 106 valence electrons. The minimum Gasteiger partial charge on any atom is -0.494 e. The van der Waals surface area contributed by atoms with E-state index in [-0.39, 0.29) is 11.6 Å². The second kappa shape index (κ2) is 6.94. The van der Waals surface area contributed by atoms with Gasteiger partial charge in [0.25, 0.3) is 5.69 Å². The summed E-state index contributed by atoms with van der Waals surface area (Å²) in [4.78, 5) is 10.4. The average molecular weight is 268 g/mol. The quantitative estimate of drug-likeness (QED) is 0.586. The van der Waals surface area contributed by atoms with E-state index >= 15 is 0 Å². The van der Waals surface area contributed by atoms with Gasteiger partial charge in [0, 0.05) is 24.4 Å². The van der Waals surface area contributed by atoms with Crippen molar-refractivity contribution in [3.63, 3.8) is 0 Å². The number of benzene rings is 1. The molecule has 0 fully saturated rings. The van der Waals surface area contributed by atoms with Crippen molar-refractivity contribution in [1.82, 2.24) is 0 Å². The van der Waals surface area contributed by atoms with Gasteiger partial charge in [-0.3, -0.25) is 10.1 Å². The zero-order valence-corrected chi connectivity index (χ0v) is 11.4. The summed E-state index contributed by atoms with van der Waals surface area (Å²) in [6.07, 6.45) is -0.505. The fraction of sp³-hybridized carbons (Fsp3) is 0.538. The molecule has 0 radical (unpaired) electrons. The van der Waals surface area contributed by atoms with Crippen molar-refractivity contribution < 1.29 is 14.8 Å². The zero-order chi connectivity index (χ0) is 14.4. The number of aliphatic hydroxyl groups excluding tert-OH is 1. The van der Waals surface area contributed by atoms with Crippen molar-refractivity contribution >= 4 is 11.4 Å². The fourth-order valence-corrected chi connectivity index (χ4v) is 1.50. The molecule has 6 heteroatoms. The smallest absolute Gasteiger partial charge is 0.275 e. The molecule has 1 rings (SSSR count). The van der Waals surface area contributed by atoms with Gasteiger partial charge in [0.15, 0.2) is 0 Å². The molecule has 0 aliphatic rings. The molecule has 0 saturated carbocycles. The summed E-state index contributed by atoms with van der Waals surface area (Å²) in [6.45, 7) is 6.41. The molecule has 0 aromatic heterocycles. The van der Waals surface area contributed by atoms with Crippen LogP contribution in [0.15, 0.2) is 18.2 Å². The number of non-ortho nitro benzene ring substituents is 1. The van der Waals surface area contributed by atoms with Gasteiger partial charge in [-0.1, -0.05) is 13.8 Å².